The molecule has 3 atom stereocenters. The Kier molecular flexibility index (Phi) is 6.66. The molecule has 0 amide bonds. The van der Waals surface area contributed by atoms with Crippen LogP contribution in [0.5, 0.6) is 0 Å². The second-order valence-electron chi connectivity index (χ2n) is 9.19. The van der Waals surface area contributed by atoms with E-state index in [0.29, 0.717) is 31.6 Å². The summed E-state index contributed by atoms with van der Waals surface area (Å²) in [6.07, 6.45) is 9.34. The van der Waals surface area contributed by atoms with Crippen molar-refractivity contribution >= 4 is 11.8 Å². The first kappa shape index (κ1) is 23.5. The molecule has 0 saturated heterocycles. The predicted octanol–water partition coefficient (Wildman–Crippen LogP) is 4.24. The first-order valence-corrected chi connectivity index (χ1v) is 11.5. The van der Waals surface area contributed by atoms with Crippen molar-refractivity contribution in [3.63, 3.8) is 0 Å². The first-order valence-electron chi connectivity index (χ1n) is 11.5. The Labute approximate surface area is 194 Å². The summed E-state index contributed by atoms with van der Waals surface area (Å²) in [5.41, 5.74) is 3.06. The molecule has 176 valence electrons. The number of fused-ring (bicyclic) bond motifs is 2. The molecule has 4 rings (SSSR count). The minimum Gasteiger partial charge on any atom is -0.389 e. The second kappa shape index (κ2) is 9.33. The molecule has 0 spiro atoms. The number of benzene rings is 1. The quantitative estimate of drug-likeness (QED) is 0.586. The fourth-order valence-corrected chi connectivity index (χ4v) is 5.18. The number of ether oxygens (including phenoxy) is 1. The molecule has 1 saturated carbocycles. The van der Waals surface area contributed by atoms with Crippen LogP contribution in [0.3, 0.4) is 0 Å². The monoisotopic (exact) mass is 453 g/mol. The minimum absolute atomic E-state index is 0.229. The van der Waals surface area contributed by atoms with Crippen molar-refractivity contribution < 1.29 is 19.3 Å². The Morgan fingerprint density at radius 1 is 1.36 bits per heavy atom. The predicted molar refractivity (Wildman–Crippen MR) is 127 cm³/mol. The number of hydrogen-bond donors (Lipinski definition) is 2. The SMILES string of the molecule is CCC(=N/C=C\COC)C(O)C[C@]1(O)CCC2=Cc3c(cnn3-c3ccc(F)cc3)C[C@@]21C. The maximum absolute atomic E-state index is 13.4. The number of halogens is 1. The van der Waals surface area contributed by atoms with Gasteiger partial charge in [0.05, 0.1) is 35.9 Å². The number of nitrogens with zero attached hydrogens (tertiary/aromatic N) is 3. The van der Waals surface area contributed by atoms with E-state index < -0.39 is 17.1 Å². The molecule has 1 aromatic carbocycles. The van der Waals surface area contributed by atoms with Gasteiger partial charge in [-0.05, 0) is 67.7 Å². The van der Waals surface area contributed by atoms with Gasteiger partial charge in [-0.3, -0.25) is 4.99 Å². The van der Waals surface area contributed by atoms with E-state index in [4.69, 9.17) is 4.74 Å². The van der Waals surface area contributed by atoms with Gasteiger partial charge in [0.2, 0.25) is 0 Å². The van der Waals surface area contributed by atoms with Crippen LogP contribution in [0.1, 0.15) is 50.8 Å². The lowest BCUT2D eigenvalue weighted by Crippen LogP contribution is -2.48. The highest BCUT2D eigenvalue weighted by Gasteiger charge is 2.56. The Bertz CT molecular complexity index is 1090. The summed E-state index contributed by atoms with van der Waals surface area (Å²) in [5.74, 6) is -0.283. The molecule has 1 unspecified atom stereocenters. The highest BCUT2D eigenvalue weighted by Crippen LogP contribution is 2.57. The molecule has 0 bridgehead atoms. The summed E-state index contributed by atoms with van der Waals surface area (Å²) in [5, 5.41) is 27.3. The largest absolute Gasteiger partial charge is 0.389 e. The van der Waals surface area contributed by atoms with Crippen molar-refractivity contribution in [2.24, 2.45) is 10.4 Å². The van der Waals surface area contributed by atoms with Crippen molar-refractivity contribution in [3.05, 3.63) is 65.4 Å². The van der Waals surface area contributed by atoms with Gasteiger partial charge in [0.15, 0.2) is 0 Å². The smallest absolute Gasteiger partial charge is 0.123 e. The number of aliphatic hydroxyl groups is 2. The summed E-state index contributed by atoms with van der Waals surface area (Å²) in [6, 6.07) is 6.28. The van der Waals surface area contributed by atoms with Crippen molar-refractivity contribution in [3.8, 4) is 5.69 Å². The van der Waals surface area contributed by atoms with Crippen molar-refractivity contribution in [2.45, 2.75) is 57.7 Å². The average molecular weight is 454 g/mol. The first-order chi connectivity index (χ1) is 15.8. The molecule has 0 radical (unpaired) electrons. The average Bonchev–Trinajstić information content (AvgIpc) is 3.30. The van der Waals surface area contributed by atoms with Crippen molar-refractivity contribution in [1.29, 1.82) is 0 Å². The van der Waals surface area contributed by atoms with Crippen LogP contribution in [0.2, 0.25) is 0 Å². The third kappa shape index (κ3) is 4.33. The van der Waals surface area contributed by atoms with E-state index in [1.807, 2.05) is 17.8 Å². The lowest BCUT2D eigenvalue weighted by molar-refractivity contribution is -0.0636. The third-order valence-corrected chi connectivity index (χ3v) is 7.24. The molecule has 33 heavy (non-hydrogen) atoms. The number of rotatable bonds is 8. The van der Waals surface area contributed by atoms with Gasteiger partial charge in [0, 0.05) is 30.9 Å². The topological polar surface area (TPSA) is 79.9 Å². The molecule has 7 heteroatoms. The van der Waals surface area contributed by atoms with E-state index in [0.717, 1.165) is 28.9 Å². The number of aliphatic imine (C=N–C) groups is 1. The summed E-state index contributed by atoms with van der Waals surface area (Å²) < 4.78 is 20.2. The molecule has 1 heterocycles. The fourth-order valence-electron chi connectivity index (χ4n) is 5.18. The fraction of sp³-hybridized carbons (Fsp3) is 0.462. The second-order valence-corrected chi connectivity index (χ2v) is 9.19. The lowest BCUT2D eigenvalue weighted by Gasteiger charge is -2.43. The van der Waals surface area contributed by atoms with Crippen LogP contribution in [-0.2, 0) is 11.2 Å². The molecule has 2 aromatic rings. The van der Waals surface area contributed by atoms with Gasteiger partial charge in [-0.1, -0.05) is 19.4 Å². The molecule has 1 aromatic heterocycles. The summed E-state index contributed by atoms with van der Waals surface area (Å²) in [6.45, 7) is 4.49. The van der Waals surface area contributed by atoms with Crippen molar-refractivity contribution in [1.82, 2.24) is 9.78 Å². The van der Waals surface area contributed by atoms with Crippen LogP contribution in [0.4, 0.5) is 4.39 Å². The highest BCUT2D eigenvalue weighted by molar-refractivity contribution is 5.89. The molecule has 2 N–H and O–H groups in total. The van der Waals surface area contributed by atoms with Crippen LogP contribution in [0.15, 0.2) is 53.3 Å². The maximum Gasteiger partial charge on any atom is 0.123 e. The van der Waals surface area contributed by atoms with Crippen LogP contribution >= 0.6 is 0 Å². The lowest BCUT2D eigenvalue weighted by atomic mass is 9.65. The van der Waals surface area contributed by atoms with Crippen molar-refractivity contribution in [2.75, 3.05) is 13.7 Å². The summed E-state index contributed by atoms with van der Waals surface area (Å²) in [7, 11) is 1.62. The standard InChI is InChI=1S/C26H32FN3O3/c1-4-22(28-12-5-13-33-3)24(31)16-26(32)11-10-19-14-23-18(15-25(19,26)2)17-29-30(23)21-8-6-20(27)7-9-21/h5-9,12,14,17,24,31-32H,4,10-11,13,15-16H2,1-3H3/b12-5-,28-22?/t24?,25-,26+/m0/s1. The van der Waals surface area contributed by atoms with Gasteiger partial charge in [0.25, 0.3) is 0 Å². The Morgan fingerprint density at radius 2 is 2.12 bits per heavy atom. The van der Waals surface area contributed by atoms with E-state index in [1.54, 1.807) is 31.5 Å². The number of aliphatic hydroxyl groups excluding tert-OH is 1. The zero-order valence-electron chi connectivity index (χ0n) is 19.5. The molecule has 1 fully saturated rings. The maximum atomic E-state index is 13.4. The molecule has 2 aliphatic carbocycles. The van der Waals surface area contributed by atoms with Crippen LogP contribution < -0.4 is 0 Å². The molecule has 2 aliphatic rings. The third-order valence-electron chi connectivity index (χ3n) is 7.24. The van der Waals surface area contributed by atoms with Gasteiger partial charge in [-0.2, -0.15) is 5.10 Å². The van der Waals surface area contributed by atoms with E-state index in [2.05, 4.69) is 23.1 Å². The van der Waals surface area contributed by atoms with Gasteiger partial charge in [0.1, 0.15) is 5.82 Å². The van der Waals surface area contributed by atoms with Gasteiger partial charge in [-0.15, -0.1) is 0 Å². The highest BCUT2D eigenvalue weighted by atomic mass is 19.1. The number of methoxy groups -OCH3 is 1. The Hall–Kier alpha value is -2.61. The molecule has 0 aliphatic heterocycles. The van der Waals surface area contributed by atoms with Crippen LogP contribution in [-0.4, -0.2) is 51.1 Å². The van der Waals surface area contributed by atoms with Gasteiger partial charge >= 0.3 is 0 Å². The van der Waals surface area contributed by atoms with Gasteiger partial charge < -0.3 is 14.9 Å². The summed E-state index contributed by atoms with van der Waals surface area (Å²) >= 11 is 0. The Balaban J connectivity index is 1.58. The molecular formula is C26H32FN3O3. The zero-order valence-corrected chi connectivity index (χ0v) is 19.5. The summed E-state index contributed by atoms with van der Waals surface area (Å²) in [4.78, 5) is 4.40. The van der Waals surface area contributed by atoms with Crippen LogP contribution in [0, 0.1) is 11.2 Å². The van der Waals surface area contributed by atoms with E-state index in [1.165, 1.54) is 12.1 Å². The molecular weight excluding hydrogens is 421 g/mol. The Morgan fingerprint density at radius 3 is 2.82 bits per heavy atom. The van der Waals surface area contributed by atoms with E-state index in [9.17, 15) is 14.6 Å². The van der Waals surface area contributed by atoms with Crippen LogP contribution in [0.25, 0.3) is 11.8 Å². The minimum atomic E-state index is -1.06. The van der Waals surface area contributed by atoms with E-state index in [-0.39, 0.29) is 12.2 Å². The normalized spacial score (nSPS) is 25.8. The number of aromatic nitrogens is 2. The van der Waals surface area contributed by atoms with Gasteiger partial charge in [-0.25, -0.2) is 9.07 Å². The molecule has 6 nitrogen and oxygen atoms in total. The van der Waals surface area contributed by atoms with E-state index >= 15 is 0 Å². The zero-order chi connectivity index (χ0) is 23.6. The number of hydrogen-bond acceptors (Lipinski definition) is 5.